The minimum Gasteiger partial charge on any atom is -0.487 e. The fraction of sp³-hybridized carbons (Fsp3) is 0.435. The van der Waals surface area contributed by atoms with Crippen molar-refractivity contribution in [2.24, 2.45) is 0 Å². The normalized spacial score (nSPS) is 19.5. The molecule has 2 aromatic carbocycles. The average molecular weight is 349 g/mol. The van der Waals surface area contributed by atoms with Gasteiger partial charge in [-0.1, -0.05) is 55.5 Å². The molecule has 1 amide bonds. The average Bonchev–Trinajstić information content (AvgIpc) is 2.70. The third-order valence-corrected chi connectivity index (χ3v) is 6.04. The predicted molar refractivity (Wildman–Crippen MR) is 103 cm³/mol. The molecule has 1 unspecified atom stereocenters. The molecular weight excluding hydrogens is 322 g/mol. The molecule has 2 aromatic rings. The van der Waals surface area contributed by atoms with Crippen LogP contribution in [0.1, 0.15) is 49.7 Å². The van der Waals surface area contributed by atoms with Gasteiger partial charge in [0, 0.05) is 25.9 Å². The Balaban J connectivity index is 1.43. The quantitative estimate of drug-likeness (QED) is 0.812. The Morgan fingerprint density at radius 3 is 2.46 bits per heavy atom. The number of amides is 1. The third kappa shape index (κ3) is 3.23. The summed E-state index contributed by atoms with van der Waals surface area (Å²) < 4.78 is 6.42. The molecule has 2 aliphatic rings. The fourth-order valence-corrected chi connectivity index (χ4v) is 4.40. The molecule has 4 rings (SSSR count). The zero-order chi connectivity index (χ0) is 18.0. The number of likely N-dealkylation sites (tertiary alicyclic amines) is 1. The van der Waals surface area contributed by atoms with Crippen molar-refractivity contribution in [3.05, 3.63) is 65.7 Å². The highest BCUT2D eigenvalue weighted by atomic mass is 16.5. The van der Waals surface area contributed by atoms with Crippen LogP contribution in [0, 0.1) is 0 Å². The molecule has 1 atom stereocenters. The highest BCUT2D eigenvalue weighted by Gasteiger charge is 2.41. The zero-order valence-electron chi connectivity index (χ0n) is 15.5. The Morgan fingerprint density at radius 2 is 1.73 bits per heavy atom. The molecule has 0 bridgehead atoms. The van der Waals surface area contributed by atoms with Crippen molar-refractivity contribution in [2.75, 3.05) is 13.1 Å². The van der Waals surface area contributed by atoms with Crippen molar-refractivity contribution >= 4 is 5.91 Å². The maximum atomic E-state index is 13.1. The number of hydrogen-bond donors (Lipinski definition) is 0. The Bertz CT molecular complexity index is 763. The van der Waals surface area contributed by atoms with Crippen molar-refractivity contribution in [1.82, 2.24) is 4.90 Å². The molecule has 2 aliphatic heterocycles. The Labute approximate surface area is 156 Å². The summed E-state index contributed by atoms with van der Waals surface area (Å²) in [6, 6.07) is 18.5. The van der Waals surface area contributed by atoms with Crippen molar-refractivity contribution in [1.29, 1.82) is 0 Å². The second kappa shape index (κ2) is 7.14. The van der Waals surface area contributed by atoms with Gasteiger partial charge in [0.15, 0.2) is 0 Å². The first kappa shape index (κ1) is 17.1. The number of para-hydroxylation sites is 1. The lowest BCUT2D eigenvalue weighted by Crippen LogP contribution is -2.52. The molecule has 26 heavy (non-hydrogen) atoms. The summed E-state index contributed by atoms with van der Waals surface area (Å²) in [5.41, 5.74) is 2.36. The number of fused-ring (bicyclic) bond motifs is 1. The summed E-state index contributed by atoms with van der Waals surface area (Å²) in [6.45, 7) is 3.69. The number of rotatable bonds is 3. The maximum Gasteiger partial charge on any atom is 0.230 e. The number of carbonyl (C=O) groups is 1. The lowest BCUT2D eigenvalue weighted by molar-refractivity contribution is -0.136. The lowest BCUT2D eigenvalue weighted by atomic mass is 9.82. The first-order valence-corrected chi connectivity index (χ1v) is 9.81. The van der Waals surface area contributed by atoms with Gasteiger partial charge in [0.1, 0.15) is 11.4 Å². The van der Waals surface area contributed by atoms with Crippen LogP contribution in [0.2, 0.25) is 0 Å². The number of benzene rings is 2. The molecule has 136 valence electrons. The molecule has 3 heteroatoms. The summed E-state index contributed by atoms with van der Waals surface area (Å²) in [7, 11) is 0. The minimum absolute atomic E-state index is 0.0294. The number of aryl methyl sites for hydroxylation is 1. The van der Waals surface area contributed by atoms with Gasteiger partial charge in [0.05, 0.1) is 5.92 Å². The van der Waals surface area contributed by atoms with E-state index >= 15 is 0 Å². The standard InChI is InChI=1S/C23H27NO2/c1-2-20(18-8-4-3-5-9-18)22(25)24-16-14-23(15-17-24)13-12-19-10-6-7-11-21(19)26-23/h3-11,20H,2,12-17H2,1H3. The Hall–Kier alpha value is -2.29. The van der Waals surface area contributed by atoms with Crippen molar-refractivity contribution in [3.63, 3.8) is 0 Å². The van der Waals surface area contributed by atoms with E-state index in [9.17, 15) is 4.79 Å². The SMILES string of the molecule is CCC(C(=O)N1CCC2(CCc3ccccc3O2)CC1)c1ccccc1. The molecule has 1 saturated heterocycles. The van der Waals surface area contributed by atoms with Crippen LogP contribution in [-0.2, 0) is 11.2 Å². The van der Waals surface area contributed by atoms with Gasteiger partial charge in [0.25, 0.3) is 0 Å². The van der Waals surface area contributed by atoms with Crippen LogP contribution >= 0.6 is 0 Å². The topological polar surface area (TPSA) is 29.5 Å². The largest absolute Gasteiger partial charge is 0.487 e. The van der Waals surface area contributed by atoms with E-state index in [4.69, 9.17) is 4.74 Å². The van der Waals surface area contributed by atoms with Gasteiger partial charge >= 0.3 is 0 Å². The predicted octanol–water partition coefficient (Wildman–Crippen LogP) is 4.57. The second-order valence-corrected chi connectivity index (χ2v) is 7.59. The third-order valence-electron chi connectivity index (χ3n) is 6.04. The van der Waals surface area contributed by atoms with E-state index in [0.717, 1.165) is 56.5 Å². The molecule has 0 aromatic heterocycles. The summed E-state index contributed by atoms with van der Waals surface area (Å²) >= 11 is 0. The molecule has 0 N–H and O–H groups in total. The molecule has 0 aliphatic carbocycles. The molecule has 1 fully saturated rings. The van der Waals surface area contributed by atoms with Crippen LogP contribution in [0.4, 0.5) is 0 Å². The van der Waals surface area contributed by atoms with Gasteiger partial charge in [-0.05, 0) is 36.5 Å². The highest BCUT2D eigenvalue weighted by molar-refractivity contribution is 5.83. The number of ether oxygens (including phenoxy) is 1. The van der Waals surface area contributed by atoms with Gasteiger partial charge in [-0.25, -0.2) is 0 Å². The van der Waals surface area contributed by atoms with Crippen molar-refractivity contribution in [2.45, 2.75) is 50.5 Å². The van der Waals surface area contributed by atoms with E-state index in [-0.39, 0.29) is 17.4 Å². The highest BCUT2D eigenvalue weighted by Crippen LogP contribution is 2.39. The molecule has 1 spiro atoms. The minimum atomic E-state index is -0.0837. The molecule has 0 radical (unpaired) electrons. The molecular formula is C23H27NO2. The van der Waals surface area contributed by atoms with Crippen LogP contribution in [0.5, 0.6) is 5.75 Å². The summed E-state index contributed by atoms with van der Waals surface area (Å²) in [4.78, 5) is 15.1. The smallest absolute Gasteiger partial charge is 0.230 e. The number of carbonyl (C=O) groups excluding carboxylic acids is 1. The van der Waals surface area contributed by atoms with E-state index in [2.05, 4.69) is 42.2 Å². The van der Waals surface area contributed by atoms with Crippen LogP contribution in [-0.4, -0.2) is 29.5 Å². The van der Waals surface area contributed by atoms with Gasteiger partial charge in [-0.2, -0.15) is 0 Å². The van der Waals surface area contributed by atoms with Crippen LogP contribution < -0.4 is 4.74 Å². The van der Waals surface area contributed by atoms with E-state index in [1.54, 1.807) is 0 Å². The fourth-order valence-electron chi connectivity index (χ4n) is 4.40. The first-order valence-electron chi connectivity index (χ1n) is 9.81. The van der Waals surface area contributed by atoms with E-state index in [0.29, 0.717) is 0 Å². The van der Waals surface area contributed by atoms with E-state index in [1.165, 1.54) is 5.56 Å². The van der Waals surface area contributed by atoms with Gasteiger partial charge in [-0.3, -0.25) is 4.79 Å². The molecule has 0 saturated carbocycles. The second-order valence-electron chi connectivity index (χ2n) is 7.59. The van der Waals surface area contributed by atoms with Crippen LogP contribution in [0.15, 0.2) is 54.6 Å². The van der Waals surface area contributed by atoms with Crippen molar-refractivity contribution in [3.8, 4) is 5.75 Å². The van der Waals surface area contributed by atoms with Gasteiger partial charge in [0.2, 0.25) is 5.91 Å². The maximum absolute atomic E-state index is 13.1. The summed E-state index contributed by atoms with van der Waals surface area (Å²) in [5.74, 6) is 1.28. The monoisotopic (exact) mass is 349 g/mol. The number of piperidine rings is 1. The number of hydrogen-bond acceptors (Lipinski definition) is 2. The number of nitrogens with zero attached hydrogens (tertiary/aromatic N) is 1. The zero-order valence-corrected chi connectivity index (χ0v) is 15.5. The van der Waals surface area contributed by atoms with Gasteiger partial charge < -0.3 is 9.64 Å². The molecule has 3 nitrogen and oxygen atoms in total. The van der Waals surface area contributed by atoms with Crippen LogP contribution in [0.3, 0.4) is 0 Å². The summed E-state index contributed by atoms with van der Waals surface area (Å²) in [6.07, 6.45) is 4.83. The summed E-state index contributed by atoms with van der Waals surface area (Å²) in [5, 5.41) is 0. The van der Waals surface area contributed by atoms with Crippen LogP contribution in [0.25, 0.3) is 0 Å². The van der Waals surface area contributed by atoms with Gasteiger partial charge in [-0.15, -0.1) is 0 Å². The lowest BCUT2D eigenvalue weighted by Gasteiger charge is -2.45. The van der Waals surface area contributed by atoms with E-state index in [1.807, 2.05) is 24.3 Å². The van der Waals surface area contributed by atoms with Crippen molar-refractivity contribution < 1.29 is 9.53 Å². The first-order chi connectivity index (χ1) is 12.7. The Morgan fingerprint density at radius 1 is 1.04 bits per heavy atom. The molecule has 2 heterocycles. The van der Waals surface area contributed by atoms with E-state index < -0.39 is 0 Å². The Kier molecular flexibility index (Phi) is 4.71.